The minimum absolute atomic E-state index is 0.0400. The second-order valence-electron chi connectivity index (χ2n) is 5.67. The largest absolute Gasteiger partial charge is 0.465 e. The van der Waals surface area contributed by atoms with Crippen molar-refractivity contribution in [2.24, 2.45) is 0 Å². The zero-order valence-electron chi connectivity index (χ0n) is 14.0. The maximum atomic E-state index is 12.8. The number of fused-ring (bicyclic) bond motifs is 1. The van der Waals surface area contributed by atoms with Gasteiger partial charge in [0.15, 0.2) is 0 Å². The van der Waals surface area contributed by atoms with Crippen LogP contribution in [0.25, 0.3) is 10.9 Å². The van der Waals surface area contributed by atoms with Gasteiger partial charge in [-0.1, -0.05) is 23.7 Å². The molecule has 0 amide bonds. The fraction of sp³-hybridized carbons (Fsp3) is 0.211. The van der Waals surface area contributed by atoms with Gasteiger partial charge in [-0.05, 0) is 49.7 Å². The number of nitrogens with zero attached hydrogens (tertiary/aromatic N) is 2. The molecule has 0 radical (unpaired) electrons. The van der Waals surface area contributed by atoms with Crippen molar-refractivity contribution in [3.8, 4) is 0 Å². The number of rotatable bonds is 5. The lowest BCUT2D eigenvalue weighted by Gasteiger charge is -2.03. The molecule has 1 aromatic heterocycles. The van der Waals surface area contributed by atoms with Crippen molar-refractivity contribution in [3.05, 3.63) is 64.3 Å². The summed E-state index contributed by atoms with van der Waals surface area (Å²) in [5.41, 5.74) is 2.54. The van der Waals surface area contributed by atoms with E-state index in [-0.39, 0.29) is 18.3 Å². The number of esters is 1. The molecule has 3 rings (SSSR count). The molecule has 0 aliphatic carbocycles. The van der Waals surface area contributed by atoms with E-state index < -0.39 is 0 Å². The van der Waals surface area contributed by atoms with E-state index in [1.165, 1.54) is 4.68 Å². The second-order valence-corrected chi connectivity index (χ2v) is 6.10. The minimum Gasteiger partial charge on any atom is -0.465 e. The highest BCUT2D eigenvalue weighted by Gasteiger charge is 2.20. The smallest absolute Gasteiger partial charge is 0.327 e. The molecule has 1 heterocycles. The molecule has 0 N–H and O–H groups in total. The Labute approximate surface area is 150 Å². The van der Waals surface area contributed by atoms with Crippen LogP contribution in [0.5, 0.6) is 0 Å². The van der Waals surface area contributed by atoms with Gasteiger partial charge in [0.1, 0.15) is 12.2 Å². The summed E-state index contributed by atoms with van der Waals surface area (Å²) >= 11 is 5.88. The number of benzene rings is 2. The van der Waals surface area contributed by atoms with Gasteiger partial charge >= 0.3 is 5.97 Å². The molecule has 0 aliphatic rings. The number of carbonyl (C=O) groups excluding carboxylic acids is 2. The van der Waals surface area contributed by atoms with Crippen molar-refractivity contribution in [2.75, 3.05) is 6.61 Å². The molecule has 0 fully saturated rings. The van der Waals surface area contributed by atoms with E-state index in [1.54, 1.807) is 31.2 Å². The maximum absolute atomic E-state index is 12.8. The van der Waals surface area contributed by atoms with Crippen LogP contribution < -0.4 is 0 Å². The topological polar surface area (TPSA) is 61.2 Å². The SMILES string of the molecule is CCOC(=O)Cn1nc(C(=O)c2ccc(Cl)cc2)c2ccc(C)cc21. The third-order valence-corrected chi connectivity index (χ3v) is 4.06. The standard InChI is InChI=1S/C19H17ClN2O3/c1-3-25-17(23)11-22-16-10-12(2)4-9-15(16)18(21-22)19(24)13-5-7-14(20)8-6-13/h4-10H,3,11H2,1-2H3. The van der Waals surface area contributed by atoms with Crippen molar-refractivity contribution < 1.29 is 14.3 Å². The maximum Gasteiger partial charge on any atom is 0.327 e. The molecular formula is C19H17ClN2O3. The van der Waals surface area contributed by atoms with Gasteiger partial charge < -0.3 is 4.74 Å². The summed E-state index contributed by atoms with van der Waals surface area (Å²) in [7, 11) is 0. The summed E-state index contributed by atoms with van der Waals surface area (Å²) in [6.45, 7) is 3.95. The van der Waals surface area contributed by atoms with Gasteiger partial charge in [-0.2, -0.15) is 5.10 Å². The number of ketones is 1. The minimum atomic E-state index is -0.390. The Bertz CT molecular complexity index is 945. The molecule has 6 heteroatoms. The second kappa shape index (κ2) is 7.07. The van der Waals surface area contributed by atoms with Gasteiger partial charge in [-0.15, -0.1) is 0 Å². The Morgan fingerprint density at radius 1 is 1.16 bits per heavy atom. The van der Waals surface area contributed by atoms with Crippen molar-refractivity contribution >= 4 is 34.3 Å². The molecule has 0 unspecified atom stereocenters. The molecule has 25 heavy (non-hydrogen) atoms. The lowest BCUT2D eigenvalue weighted by Crippen LogP contribution is -2.15. The van der Waals surface area contributed by atoms with E-state index in [0.717, 1.165) is 11.1 Å². The quantitative estimate of drug-likeness (QED) is 0.515. The molecule has 3 aromatic rings. The first-order valence-electron chi connectivity index (χ1n) is 7.92. The Hall–Kier alpha value is -2.66. The van der Waals surface area contributed by atoms with Crippen LogP contribution in [0.3, 0.4) is 0 Å². The van der Waals surface area contributed by atoms with Crippen molar-refractivity contribution in [1.82, 2.24) is 9.78 Å². The number of aryl methyl sites for hydroxylation is 1. The predicted octanol–water partition coefficient (Wildman–Crippen LogP) is 3.79. The van der Waals surface area contributed by atoms with E-state index in [2.05, 4.69) is 5.10 Å². The Kier molecular flexibility index (Phi) is 4.86. The fourth-order valence-electron chi connectivity index (χ4n) is 2.64. The van der Waals surface area contributed by atoms with Gasteiger partial charge in [0, 0.05) is 16.0 Å². The van der Waals surface area contributed by atoms with Crippen LogP contribution in [0.2, 0.25) is 5.02 Å². The van der Waals surface area contributed by atoms with Crippen molar-refractivity contribution in [2.45, 2.75) is 20.4 Å². The van der Waals surface area contributed by atoms with Gasteiger partial charge in [0.2, 0.25) is 5.78 Å². The highest BCUT2D eigenvalue weighted by molar-refractivity contribution is 6.30. The normalized spacial score (nSPS) is 10.8. The molecule has 0 saturated heterocycles. The number of aromatic nitrogens is 2. The number of hydrogen-bond acceptors (Lipinski definition) is 4. The summed E-state index contributed by atoms with van der Waals surface area (Å²) in [4.78, 5) is 24.7. The van der Waals surface area contributed by atoms with E-state index in [1.807, 2.05) is 25.1 Å². The summed E-state index contributed by atoms with van der Waals surface area (Å²) in [5, 5.41) is 5.65. The Balaban J connectivity index is 2.07. The zero-order valence-corrected chi connectivity index (χ0v) is 14.7. The molecule has 0 aliphatic heterocycles. The molecule has 0 bridgehead atoms. The predicted molar refractivity (Wildman–Crippen MR) is 96.0 cm³/mol. The van der Waals surface area contributed by atoms with Gasteiger partial charge in [-0.3, -0.25) is 14.3 Å². The van der Waals surface area contributed by atoms with Crippen LogP contribution in [-0.2, 0) is 16.1 Å². The van der Waals surface area contributed by atoms with Crippen LogP contribution in [0, 0.1) is 6.92 Å². The molecule has 5 nitrogen and oxygen atoms in total. The first kappa shape index (κ1) is 17.2. The average molecular weight is 357 g/mol. The van der Waals surface area contributed by atoms with Crippen LogP contribution in [0.4, 0.5) is 0 Å². The monoisotopic (exact) mass is 356 g/mol. The highest BCUT2D eigenvalue weighted by Crippen LogP contribution is 2.23. The summed E-state index contributed by atoms with van der Waals surface area (Å²) < 4.78 is 6.51. The lowest BCUT2D eigenvalue weighted by atomic mass is 10.0. The Morgan fingerprint density at radius 3 is 2.56 bits per heavy atom. The molecule has 128 valence electrons. The third kappa shape index (κ3) is 3.56. The van der Waals surface area contributed by atoms with Gasteiger partial charge in [-0.25, -0.2) is 0 Å². The molecule has 0 atom stereocenters. The Morgan fingerprint density at radius 2 is 1.88 bits per heavy atom. The van der Waals surface area contributed by atoms with Gasteiger partial charge in [0.25, 0.3) is 0 Å². The third-order valence-electron chi connectivity index (χ3n) is 3.81. The molecule has 0 spiro atoms. The average Bonchev–Trinajstić information content (AvgIpc) is 2.93. The number of halogens is 1. The van der Waals surface area contributed by atoms with Crippen LogP contribution in [0.1, 0.15) is 28.5 Å². The first-order valence-corrected chi connectivity index (χ1v) is 8.30. The molecule has 0 saturated carbocycles. The van der Waals surface area contributed by atoms with Crippen LogP contribution >= 0.6 is 11.6 Å². The van der Waals surface area contributed by atoms with E-state index in [0.29, 0.717) is 28.3 Å². The van der Waals surface area contributed by atoms with E-state index >= 15 is 0 Å². The molecular weight excluding hydrogens is 340 g/mol. The number of ether oxygens (including phenoxy) is 1. The number of carbonyl (C=O) groups is 2. The number of hydrogen-bond donors (Lipinski definition) is 0. The first-order chi connectivity index (χ1) is 12.0. The zero-order chi connectivity index (χ0) is 18.0. The highest BCUT2D eigenvalue weighted by atomic mass is 35.5. The molecule has 2 aromatic carbocycles. The summed E-state index contributed by atoms with van der Waals surface area (Å²) in [6, 6.07) is 12.3. The van der Waals surface area contributed by atoms with E-state index in [9.17, 15) is 9.59 Å². The van der Waals surface area contributed by atoms with Crippen molar-refractivity contribution in [1.29, 1.82) is 0 Å². The van der Waals surface area contributed by atoms with Crippen LogP contribution in [0.15, 0.2) is 42.5 Å². The van der Waals surface area contributed by atoms with E-state index in [4.69, 9.17) is 16.3 Å². The summed E-state index contributed by atoms with van der Waals surface area (Å²) in [5.74, 6) is -0.605. The lowest BCUT2D eigenvalue weighted by molar-refractivity contribution is -0.143. The fourth-order valence-corrected chi connectivity index (χ4v) is 2.77. The van der Waals surface area contributed by atoms with Crippen LogP contribution in [-0.4, -0.2) is 28.1 Å². The van der Waals surface area contributed by atoms with Gasteiger partial charge in [0.05, 0.1) is 12.1 Å². The van der Waals surface area contributed by atoms with Crippen molar-refractivity contribution in [3.63, 3.8) is 0 Å². The summed E-state index contributed by atoms with van der Waals surface area (Å²) in [6.07, 6.45) is 0.